The lowest BCUT2D eigenvalue weighted by Gasteiger charge is -2.35. The summed E-state index contributed by atoms with van der Waals surface area (Å²) in [6.07, 6.45) is 3.00. The van der Waals surface area contributed by atoms with Crippen molar-refractivity contribution in [1.82, 2.24) is 9.80 Å². The minimum absolute atomic E-state index is 0.000670. The Morgan fingerprint density at radius 1 is 1.07 bits per heavy atom. The summed E-state index contributed by atoms with van der Waals surface area (Å²) in [7, 11) is 0. The number of fused-ring (bicyclic) bond motifs is 2. The van der Waals surface area contributed by atoms with Gasteiger partial charge >= 0.3 is 6.18 Å². The first kappa shape index (κ1) is 21.7. The highest BCUT2D eigenvalue weighted by Crippen LogP contribution is 2.49. The topological polar surface area (TPSA) is 26.7 Å². The van der Waals surface area contributed by atoms with E-state index in [1.807, 2.05) is 18.2 Å². The number of hydrogen-bond donors (Lipinski definition) is 1. The van der Waals surface area contributed by atoms with E-state index in [4.69, 9.17) is 5.11 Å². The van der Waals surface area contributed by atoms with Crippen LogP contribution in [0.4, 0.5) is 13.2 Å². The number of rotatable bonds is 5. The molecule has 7 heteroatoms. The third kappa shape index (κ3) is 4.85. The van der Waals surface area contributed by atoms with E-state index in [0.29, 0.717) is 0 Å². The van der Waals surface area contributed by atoms with Crippen LogP contribution in [0.1, 0.15) is 12.0 Å². The summed E-state index contributed by atoms with van der Waals surface area (Å²) in [6.45, 7) is 5.62. The number of benzene rings is 1. The minimum Gasteiger partial charge on any atom is -0.395 e. The molecule has 0 bridgehead atoms. The number of alkyl halides is 3. The van der Waals surface area contributed by atoms with Crippen molar-refractivity contribution in [2.75, 3.05) is 45.9 Å². The van der Waals surface area contributed by atoms with E-state index in [1.165, 1.54) is 12.2 Å². The average Bonchev–Trinajstić information content (AvgIpc) is 2.73. The smallest absolute Gasteiger partial charge is 0.395 e. The summed E-state index contributed by atoms with van der Waals surface area (Å²) in [6, 6.07) is 8.03. The summed E-state index contributed by atoms with van der Waals surface area (Å²) in [4.78, 5) is 5.78. The number of halogens is 3. The Labute approximate surface area is 179 Å². The Hall–Kier alpha value is -1.54. The van der Waals surface area contributed by atoms with E-state index < -0.39 is 11.7 Å². The molecule has 1 saturated heterocycles. The van der Waals surface area contributed by atoms with Crippen molar-refractivity contribution in [3.63, 3.8) is 0 Å². The molecule has 0 spiro atoms. The lowest BCUT2D eigenvalue weighted by atomic mass is 9.84. The van der Waals surface area contributed by atoms with Crippen molar-refractivity contribution in [3.05, 3.63) is 59.7 Å². The lowest BCUT2D eigenvalue weighted by Crippen LogP contribution is -2.47. The van der Waals surface area contributed by atoms with E-state index in [9.17, 15) is 13.2 Å². The first-order valence-corrected chi connectivity index (χ1v) is 11.3. The van der Waals surface area contributed by atoms with E-state index in [2.05, 4.69) is 21.9 Å². The molecule has 3 aliphatic rings. The van der Waals surface area contributed by atoms with E-state index in [-0.39, 0.29) is 17.8 Å². The fourth-order valence-electron chi connectivity index (χ4n) is 4.39. The highest BCUT2D eigenvalue weighted by Gasteiger charge is 2.39. The molecule has 1 aromatic rings. The molecule has 162 valence electrons. The van der Waals surface area contributed by atoms with Gasteiger partial charge in [0.1, 0.15) is 0 Å². The van der Waals surface area contributed by atoms with Gasteiger partial charge in [-0.1, -0.05) is 42.5 Å². The molecular formula is C23H27F3N2OS. The first-order valence-electron chi connectivity index (χ1n) is 10.4. The van der Waals surface area contributed by atoms with Crippen molar-refractivity contribution in [3.8, 4) is 0 Å². The number of hydrogen-bond acceptors (Lipinski definition) is 4. The van der Waals surface area contributed by atoms with Crippen LogP contribution in [0.2, 0.25) is 0 Å². The van der Waals surface area contributed by atoms with Crippen LogP contribution in [0, 0.1) is 5.92 Å². The van der Waals surface area contributed by atoms with Crippen molar-refractivity contribution >= 4 is 17.3 Å². The predicted octanol–water partition coefficient (Wildman–Crippen LogP) is 4.22. The van der Waals surface area contributed by atoms with Crippen LogP contribution in [0.15, 0.2) is 59.0 Å². The molecule has 1 aliphatic carbocycles. The van der Waals surface area contributed by atoms with Gasteiger partial charge in [0.05, 0.1) is 12.2 Å². The zero-order chi connectivity index (χ0) is 21.1. The molecule has 0 aromatic heterocycles. The third-order valence-corrected chi connectivity index (χ3v) is 7.35. The third-order valence-electron chi connectivity index (χ3n) is 6.02. The number of allylic oxidation sites excluding steroid dienone is 4. The standard InChI is InChI=1S/C23H27F3N2OS/c24-23(25,26)17-7-8-22-20(16-17)18(19-4-1-2-6-21(19)30-22)5-3-9-27-10-12-28(13-11-27)14-15-29/h1-2,4-8,16,20,22,29H,3,9-15H2/b18-5-. The van der Waals surface area contributed by atoms with Crippen molar-refractivity contribution in [2.24, 2.45) is 5.92 Å². The summed E-state index contributed by atoms with van der Waals surface area (Å²) >= 11 is 1.65. The SMILES string of the molecule is OCCN1CCN(CC/C=C2/c3ccccc3SC3C=CC(C(F)(F)F)=CC23)CC1. The van der Waals surface area contributed by atoms with Crippen LogP contribution in [0.25, 0.3) is 5.57 Å². The predicted molar refractivity (Wildman–Crippen MR) is 115 cm³/mol. The normalized spacial score (nSPS) is 26.4. The van der Waals surface area contributed by atoms with Crippen LogP contribution in [-0.2, 0) is 0 Å². The monoisotopic (exact) mass is 436 g/mol. The van der Waals surface area contributed by atoms with Gasteiger partial charge in [-0.2, -0.15) is 13.2 Å². The van der Waals surface area contributed by atoms with Crippen LogP contribution in [-0.4, -0.2) is 72.2 Å². The number of thioether (sulfide) groups is 1. The fraction of sp³-hybridized carbons (Fsp3) is 0.478. The van der Waals surface area contributed by atoms with Gasteiger partial charge < -0.3 is 10.0 Å². The molecule has 4 rings (SSSR count). The summed E-state index contributed by atoms with van der Waals surface area (Å²) in [5.74, 6) is -0.257. The van der Waals surface area contributed by atoms with Crippen LogP contribution < -0.4 is 0 Å². The molecule has 2 aliphatic heterocycles. The van der Waals surface area contributed by atoms with E-state index in [0.717, 1.165) is 61.7 Å². The second kappa shape index (κ2) is 9.30. The van der Waals surface area contributed by atoms with Crippen molar-refractivity contribution in [1.29, 1.82) is 0 Å². The maximum atomic E-state index is 13.3. The van der Waals surface area contributed by atoms with Crippen molar-refractivity contribution < 1.29 is 18.3 Å². The van der Waals surface area contributed by atoms with Gasteiger partial charge in [0.15, 0.2) is 0 Å². The molecule has 1 N–H and O–H groups in total. The summed E-state index contributed by atoms with van der Waals surface area (Å²) < 4.78 is 40.0. The molecule has 0 radical (unpaired) electrons. The van der Waals surface area contributed by atoms with Crippen LogP contribution >= 0.6 is 11.8 Å². The van der Waals surface area contributed by atoms with Gasteiger partial charge in [-0.3, -0.25) is 4.90 Å². The number of nitrogens with zero attached hydrogens (tertiary/aromatic N) is 2. The molecule has 0 saturated carbocycles. The van der Waals surface area contributed by atoms with Gasteiger partial charge in [-0.25, -0.2) is 0 Å². The molecule has 3 nitrogen and oxygen atoms in total. The maximum absolute atomic E-state index is 13.3. The molecule has 1 aromatic carbocycles. The van der Waals surface area contributed by atoms with E-state index >= 15 is 0 Å². The van der Waals surface area contributed by atoms with Gasteiger partial charge in [-0.05, 0) is 23.6 Å². The minimum atomic E-state index is -4.32. The average molecular weight is 437 g/mol. The molecule has 1 fully saturated rings. The van der Waals surface area contributed by atoms with Crippen molar-refractivity contribution in [2.45, 2.75) is 22.7 Å². The van der Waals surface area contributed by atoms with Gasteiger partial charge in [0.25, 0.3) is 0 Å². The van der Waals surface area contributed by atoms with Gasteiger partial charge in [0, 0.05) is 55.3 Å². The number of β-amino-alcohol motifs (C(OH)–C–C–N with tert-alkyl or cyclic N) is 1. The quantitative estimate of drug-likeness (QED) is 0.748. The summed E-state index contributed by atoms with van der Waals surface area (Å²) in [5, 5.41) is 9.07. The molecule has 0 amide bonds. The Morgan fingerprint density at radius 2 is 1.77 bits per heavy atom. The molecule has 30 heavy (non-hydrogen) atoms. The lowest BCUT2D eigenvalue weighted by molar-refractivity contribution is -0.0887. The Morgan fingerprint density at radius 3 is 2.47 bits per heavy atom. The Balaban J connectivity index is 1.51. The van der Waals surface area contributed by atoms with E-state index in [1.54, 1.807) is 17.8 Å². The molecule has 2 heterocycles. The summed E-state index contributed by atoms with van der Waals surface area (Å²) in [5.41, 5.74) is 1.53. The fourth-order valence-corrected chi connectivity index (χ4v) is 5.68. The Bertz CT molecular complexity index is 841. The highest BCUT2D eigenvalue weighted by atomic mass is 32.2. The second-order valence-corrected chi connectivity index (χ2v) is 9.16. The molecule has 2 atom stereocenters. The first-order chi connectivity index (χ1) is 14.5. The molecular weight excluding hydrogens is 409 g/mol. The highest BCUT2D eigenvalue weighted by molar-refractivity contribution is 8.00. The second-order valence-electron chi connectivity index (χ2n) is 7.94. The van der Waals surface area contributed by atoms with Crippen LogP contribution in [0.5, 0.6) is 0 Å². The largest absolute Gasteiger partial charge is 0.416 e. The Kier molecular flexibility index (Phi) is 6.72. The number of aliphatic hydroxyl groups is 1. The van der Waals surface area contributed by atoms with Gasteiger partial charge in [-0.15, -0.1) is 11.8 Å². The number of piperazine rings is 1. The van der Waals surface area contributed by atoms with Crippen LogP contribution in [0.3, 0.4) is 0 Å². The zero-order valence-electron chi connectivity index (χ0n) is 16.8. The maximum Gasteiger partial charge on any atom is 0.416 e. The van der Waals surface area contributed by atoms with Gasteiger partial charge in [0.2, 0.25) is 0 Å². The molecule has 2 unspecified atom stereocenters. The zero-order valence-corrected chi connectivity index (χ0v) is 17.6. The number of aliphatic hydroxyl groups excluding tert-OH is 1.